The zero-order chi connectivity index (χ0) is 21.5. The molecule has 3 amide bonds. The van der Waals surface area contributed by atoms with Crippen molar-refractivity contribution >= 4 is 34.7 Å². The van der Waals surface area contributed by atoms with Crippen molar-refractivity contribution in [2.24, 2.45) is 5.92 Å². The van der Waals surface area contributed by atoms with E-state index in [0.29, 0.717) is 44.8 Å². The number of nitrogens with zero attached hydrogens (tertiary/aromatic N) is 3. The van der Waals surface area contributed by atoms with E-state index in [-0.39, 0.29) is 27.7 Å². The lowest BCUT2D eigenvalue weighted by atomic mass is 9.96. The highest BCUT2D eigenvalue weighted by atomic mass is 32.1. The van der Waals surface area contributed by atoms with Crippen LogP contribution in [0, 0.1) is 11.7 Å². The Morgan fingerprint density at radius 3 is 2.50 bits per heavy atom. The van der Waals surface area contributed by atoms with Crippen LogP contribution < -0.4 is 10.6 Å². The Balaban J connectivity index is 1.52. The van der Waals surface area contributed by atoms with E-state index < -0.39 is 11.7 Å². The molecule has 3 rings (SSSR count). The number of carbonyl (C=O) groups excluding carboxylic acids is 3. The van der Waals surface area contributed by atoms with Gasteiger partial charge < -0.3 is 20.3 Å². The minimum atomic E-state index is -0.524. The van der Waals surface area contributed by atoms with Crippen LogP contribution in [0.2, 0.25) is 0 Å². The number of nitrogens with one attached hydrogen (secondary N) is 2. The minimum absolute atomic E-state index is 0.0326. The molecule has 0 saturated carbocycles. The zero-order valence-corrected chi connectivity index (χ0v) is 17.2. The standard InChI is InChI=1S/C19H22FN5O4S/c1-29-11-8-21-15(26)12-6-9-25(10-7-12)19(28)18-24-23-17(30-18)16(27)22-14-4-2-13(20)3-5-14/h2-5,12H,6-11H2,1H3,(H,21,26)(H,22,27). The molecule has 11 heteroatoms. The molecule has 2 aromatic rings. The van der Waals surface area contributed by atoms with Crippen LogP contribution in [-0.4, -0.2) is 66.2 Å². The summed E-state index contributed by atoms with van der Waals surface area (Å²) < 4.78 is 17.9. The lowest BCUT2D eigenvalue weighted by Gasteiger charge is -2.30. The van der Waals surface area contributed by atoms with Gasteiger partial charge in [0.15, 0.2) is 0 Å². The second-order valence-corrected chi connectivity index (χ2v) is 7.70. The fourth-order valence-corrected chi connectivity index (χ4v) is 3.73. The van der Waals surface area contributed by atoms with E-state index in [0.717, 1.165) is 11.3 Å². The molecule has 1 aliphatic heterocycles. The molecule has 1 saturated heterocycles. The Morgan fingerprint density at radius 1 is 1.17 bits per heavy atom. The highest BCUT2D eigenvalue weighted by molar-refractivity contribution is 7.15. The largest absolute Gasteiger partial charge is 0.383 e. The maximum atomic E-state index is 13.0. The molecule has 30 heavy (non-hydrogen) atoms. The predicted octanol–water partition coefficient (Wildman–Crippen LogP) is 1.54. The van der Waals surface area contributed by atoms with Crippen LogP contribution in [0.3, 0.4) is 0 Å². The van der Waals surface area contributed by atoms with E-state index in [1.165, 1.54) is 24.3 Å². The lowest BCUT2D eigenvalue weighted by molar-refractivity contribution is -0.126. The fourth-order valence-electron chi connectivity index (χ4n) is 3.02. The van der Waals surface area contributed by atoms with E-state index in [9.17, 15) is 18.8 Å². The van der Waals surface area contributed by atoms with Gasteiger partial charge >= 0.3 is 0 Å². The van der Waals surface area contributed by atoms with Crippen molar-refractivity contribution in [2.75, 3.05) is 38.7 Å². The third-order valence-electron chi connectivity index (χ3n) is 4.66. The number of halogens is 1. The molecule has 1 fully saturated rings. The topological polar surface area (TPSA) is 114 Å². The number of rotatable bonds is 7. The van der Waals surface area contributed by atoms with Crippen LogP contribution in [-0.2, 0) is 9.53 Å². The number of carbonyl (C=O) groups is 3. The van der Waals surface area contributed by atoms with Crippen LogP contribution in [0.5, 0.6) is 0 Å². The SMILES string of the molecule is COCCNC(=O)C1CCN(C(=O)c2nnc(C(=O)Nc3ccc(F)cc3)s2)CC1. The summed E-state index contributed by atoms with van der Waals surface area (Å²) >= 11 is 0.893. The van der Waals surface area contributed by atoms with Crippen LogP contribution in [0.1, 0.15) is 32.4 Å². The van der Waals surface area contributed by atoms with Gasteiger partial charge in [0, 0.05) is 38.3 Å². The van der Waals surface area contributed by atoms with Gasteiger partial charge in [-0.2, -0.15) is 0 Å². The molecule has 1 aliphatic rings. The molecular formula is C19H22FN5O4S. The number of amides is 3. The molecule has 9 nitrogen and oxygen atoms in total. The summed E-state index contributed by atoms with van der Waals surface area (Å²) in [5.74, 6) is -1.42. The van der Waals surface area contributed by atoms with Gasteiger partial charge in [-0.05, 0) is 37.1 Å². The predicted molar refractivity (Wildman–Crippen MR) is 108 cm³/mol. The highest BCUT2D eigenvalue weighted by Crippen LogP contribution is 2.21. The van der Waals surface area contributed by atoms with E-state index in [2.05, 4.69) is 20.8 Å². The first-order valence-corrected chi connectivity index (χ1v) is 10.3. The van der Waals surface area contributed by atoms with Crippen molar-refractivity contribution < 1.29 is 23.5 Å². The highest BCUT2D eigenvalue weighted by Gasteiger charge is 2.29. The van der Waals surface area contributed by atoms with Crippen molar-refractivity contribution in [3.63, 3.8) is 0 Å². The summed E-state index contributed by atoms with van der Waals surface area (Å²) in [6.45, 7) is 1.77. The number of ether oxygens (including phenoxy) is 1. The molecular weight excluding hydrogens is 413 g/mol. The zero-order valence-electron chi connectivity index (χ0n) is 16.4. The van der Waals surface area contributed by atoms with Gasteiger partial charge in [-0.3, -0.25) is 14.4 Å². The summed E-state index contributed by atoms with van der Waals surface area (Å²) in [7, 11) is 1.57. The van der Waals surface area contributed by atoms with E-state index >= 15 is 0 Å². The van der Waals surface area contributed by atoms with E-state index in [1.54, 1.807) is 12.0 Å². The molecule has 1 aromatic heterocycles. The minimum Gasteiger partial charge on any atom is -0.383 e. The first-order chi connectivity index (χ1) is 14.5. The Morgan fingerprint density at radius 2 is 1.83 bits per heavy atom. The Hall–Kier alpha value is -2.92. The number of benzene rings is 1. The summed E-state index contributed by atoms with van der Waals surface area (Å²) in [6, 6.07) is 5.31. The van der Waals surface area contributed by atoms with Gasteiger partial charge in [-0.15, -0.1) is 10.2 Å². The molecule has 2 N–H and O–H groups in total. The summed E-state index contributed by atoms with van der Waals surface area (Å²) in [6.07, 6.45) is 1.11. The number of likely N-dealkylation sites (tertiary alicyclic amines) is 1. The molecule has 0 atom stereocenters. The Bertz CT molecular complexity index is 897. The van der Waals surface area contributed by atoms with Crippen LogP contribution in [0.15, 0.2) is 24.3 Å². The third kappa shape index (κ3) is 5.57. The lowest BCUT2D eigenvalue weighted by Crippen LogP contribution is -2.43. The Labute approximate surface area is 176 Å². The monoisotopic (exact) mass is 435 g/mol. The van der Waals surface area contributed by atoms with Gasteiger partial charge in [0.2, 0.25) is 15.9 Å². The normalized spacial score (nSPS) is 14.4. The second-order valence-electron chi connectivity index (χ2n) is 6.72. The maximum absolute atomic E-state index is 13.0. The smallest absolute Gasteiger partial charge is 0.286 e. The van der Waals surface area contributed by atoms with Crippen molar-refractivity contribution in [1.82, 2.24) is 20.4 Å². The van der Waals surface area contributed by atoms with Crippen LogP contribution in [0.25, 0.3) is 0 Å². The van der Waals surface area contributed by atoms with Crippen molar-refractivity contribution in [3.8, 4) is 0 Å². The molecule has 160 valence electrons. The average Bonchev–Trinajstić information content (AvgIpc) is 3.25. The summed E-state index contributed by atoms with van der Waals surface area (Å²) in [5, 5.41) is 13.2. The first-order valence-electron chi connectivity index (χ1n) is 9.44. The number of aromatic nitrogens is 2. The van der Waals surface area contributed by atoms with Crippen LogP contribution in [0.4, 0.5) is 10.1 Å². The molecule has 0 radical (unpaired) electrons. The van der Waals surface area contributed by atoms with Gasteiger partial charge in [0.25, 0.3) is 11.8 Å². The van der Waals surface area contributed by atoms with Gasteiger partial charge in [0.1, 0.15) is 5.82 Å². The number of piperidine rings is 1. The first kappa shape index (κ1) is 21.8. The maximum Gasteiger partial charge on any atom is 0.286 e. The van der Waals surface area contributed by atoms with Crippen LogP contribution >= 0.6 is 11.3 Å². The second kappa shape index (κ2) is 10.2. The molecule has 0 bridgehead atoms. The molecule has 0 spiro atoms. The molecule has 0 unspecified atom stereocenters. The van der Waals surface area contributed by atoms with E-state index in [1.807, 2.05) is 0 Å². The number of methoxy groups -OCH3 is 1. The number of hydrogen-bond donors (Lipinski definition) is 2. The number of hydrogen-bond acceptors (Lipinski definition) is 7. The molecule has 0 aliphatic carbocycles. The summed E-state index contributed by atoms with van der Waals surface area (Å²) in [4.78, 5) is 38.6. The van der Waals surface area contributed by atoms with Crippen molar-refractivity contribution in [2.45, 2.75) is 12.8 Å². The quantitative estimate of drug-likeness (QED) is 0.638. The third-order valence-corrected chi connectivity index (χ3v) is 5.57. The van der Waals surface area contributed by atoms with Crippen molar-refractivity contribution in [3.05, 3.63) is 40.1 Å². The van der Waals surface area contributed by atoms with Gasteiger partial charge in [-0.1, -0.05) is 11.3 Å². The number of anilines is 1. The molecule has 2 heterocycles. The molecule has 1 aromatic carbocycles. The van der Waals surface area contributed by atoms with Gasteiger partial charge in [0.05, 0.1) is 6.61 Å². The van der Waals surface area contributed by atoms with E-state index in [4.69, 9.17) is 4.74 Å². The summed E-state index contributed by atoms with van der Waals surface area (Å²) in [5.41, 5.74) is 0.412. The average molecular weight is 435 g/mol. The van der Waals surface area contributed by atoms with Crippen molar-refractivity contribution in [1.29, 1.82) is 0 Å². The Kier molecular flexibility index (Phi) is 7.41. The fraction of sp³-hybridized carbons (Fsp3) is 0.421. The van der Waals surface area contributed by atoms with Gasteiger partial charge in [-0.25, -0.2) is 4.39 Å².